The number of ether oxygens (including phenoxy) is 1. The van der Waals surface area contributed by atoms with E-state index in [4.69, 9.17) is 10.1 Å². The Morgan fingerprint density at radius 2 is 2.16 bits per heavy atom. The fourth-order valence-corrected chi connectivity index (χ4v) is 1.63. The summed E-state index contributed by atoms with van der Waals surface area (Å²) in [6.45, 7) is 2.38. The molecule has 0 aromatic carbocycles. The van der Waals surface area contributed by atoms with Crippen molar-refractivity contribution in [1.29, 1.82) is 5.41 Å². The quantitative estimate of drug-likeness (QED) is 0.442. The summed E-state index contributed by atoms with van der Waals surface area (Å²) in [6.07, 6.45) is -3.20. The summed E-state index contributed by atoms with van der Waals surface area (Å²) in [5, 5.41) is 19.8. The smallest absolute Gasteiger partial charge is 0.382 e. The van der Waals surface area contributed by atoms with Crippen LogP contribution < -0.4 is 5.32 Å². The molecule has 1 saturated carbocycles. The second-order valence-electron chi connectivity index (χ2n) is 4.07. The Kier molecular flexibility index (Phi) is 4.87. The van der Waals surface area contributed by atoms with E-state index in [9.17, 15) is 23.3 Å². The lowest BCUT2D eigenvalue weighted by Gasteiger charge is -2.34. The largest absolute Gasteiger partial charge is 0.439 e. The predicted octanol–water partition coefficient (Wildman–Crippen LogP) is 1.84. The number of nitrogens with one attached hydrogen (secondary N) is 2. The highest BCUT2D eigenvalue weighted by atomic mass is 19.4. The van der Waals surface area contributed by atoms with E-state index >= 15 is 0 Å². The average molecular weight is 281 g/mol. The number of halogens is 3. The second-order valence-corrected chi connectivity index (χ2v) is 4.07. The Hall–Kier alpha value is -1.64. The van der Waals surface area contributed by atoms with Gasteiger partial charge < -0.3 is 10.1 Å². The zero-order valence-electron chi connectivity index (χ0n) is 10.2. The summed E-state index contributed by atoms with van der Waals surface area (Å²) in [7, 11) is 0. The third-order valence-electron chi connectivity index (χ3n) is 2.69. The summed E-state index contributed by atoms with van der Waals surface area (Å²) in [6, 6.07) is -0.160. The van der Waals surface area contributed by atoms with E-state index in [-0.39, 0.29) is 12.1 Å². The molecule has 19 heavy (non-hydrogen) atoms. The highest BCUT2D eigenvalue weighted by Crippen LogP contribution is 2.24. The molecule has 0 unspecified atom stereocenters. The molecule has 0 aromatic heterocycles. The fourth-order valence-electron chi connectivity index (χ4n) is 1.63. The van der Waals surface area contributed by atoms with Crippen molar-refractivity contribution >= 4 is 5.71 Å². The van der Waals surface area contributed by atoms with Crippen molar-refractivity contribution < 1.29 is 22.8 Å². The topological polar surface area (TPSA) is 88.2 Å². The zero-order valence-corrected chi connectivity index (χ0v) is 10.2. The van der Waals surface area contributed by atoms with Crippen molar-refractivity contribution in [2.24, 2.45) is 0 Å². The predicted molar refractivity (Wildman–Crippen MR) is 60.4 cm³/mol. The van der Waals surface area contributed by atoms with Gasteiger partial charge in [0, 0.05) is 12.6 Å². The van der Waals surface area contributed by atoms with Crippen LogP contribution >= 0.6 is 0 Å². The Morgan fingerprint density at radius 3 is 2.58 bits per heavy atom. The Morgan fingerprint density at radius 1 is 1.58 bits per heavy atom. The molecule has 0 amide bonds. The van der Waals surface area contributed by atoms with Gasteiger partial charge in [0.25, 0.3) is 0 Å². The maximum Gasteiger partial charge on any atom is 0.439 e. The van der Waals surface area contributed by atoms with Gasteiger partial charge in [0.15, 0.2) is 0 Å². The molecule has 0 atom stereocenters. The molecule has 9 heteroatoms. The Balaban J connectivity index is 2.57. The molecule has 2 N–H and O–H groups in total. The molecule has 0 bridgehead atoms. The molecule has 0 spiro atoms. The maximum absolute atomic E-state index is 12.2. The van der Waals surface area contributed by atoms with Crippen molar-refractivity contribution in [1.82, 2.24) is 5.32 Å². The van der Waals surface area contributed by atoms with Gasteiger partial charge in [-0.1, -0.05) is 0 Å². The minimum absolute atomic E-state index is 0.0389. The van der Waals surface area contributed by atoms with Gasteiger partial charge in [-0.15, -0.1) is 0 Å². The number of hydrogen-bond donors (Lipinski definition) is 2. The SMILES string of the molecule is CCOC1CC(N/C=C(\C(=N)C(F)(F)F)[N+](=O)[O-])C1. The number of rotatable bonds is 6. The molecule has 0 radical (unpaired) electrons. The lowest BCUT2D eigenvalue weighted by atomic mass is 9.89. The van der Waals surface area contributed by atoms with Crippen molar-refractivity contribution in [3.8, 4) is 0 Å². The van der Waals surface area contributed by atoms with Gasteiger partial charge in [-0.25, -0.2) is 0 Å². The van der Waals surface area contributed by atoms with E-state index in [1.165, 1.54) is 0 Å². The molecule has 1 rings (SSSR count). The highest BCUT2D eigenvalue weighted by Gasteiger charge is 2.42. The van der Waals surface area contributed by atoms with Crippen LogP contribution in [0.5, 0.6) is 0 Å². The number of hydrogen-bond acceptors (Lipinski definition) is 5. The lowest BCUT2D eigenvalue weighted by molar-refractivity contribution is -0.417. The summed E-state index contributed by atoms with van der Waals surface area (Å²) in [5.41, 5.74) is -3.25. The number of nitrogens with zero attached hydrogens (tertiary/aromatic N) is 1. The van der Waals surface area contributed by atoms with Crippen LogP contribution in [0.4, 0.5) is 13.2 Å². The maximum atomic E-state index is 12.2. The van der Waals surface area contributed by atoms with E-state index in [2.05, 4.69) is 5.32 Å². The van der Waals surface area contributed by atoms with E-state index in [1.807, 2.05) is 6.92 Å². The van der Waals surface area contributed by atoms with Gasteiger partial charge >= 0.3 is 11.9 Å². The molecular weight excluding hydrogens is 267 g/mol. The molecule has 0 aliphatic heterocycles. The molecule has 1 fully saturated rings. The molecular formula is C10H14F3N3O3. The molecule has 0 saturated heterocycles. The summed E-state index contributed by atoms with van der Waals surface area (Å²) >= 11 is 0. The molecule has 0 aromatic rings. The van der Waals surface area contributed by atoms with Crippen molar-refractivity contribution in [3.63, 3.8) is 0 Å². The van der Waals surface area contributed by atoms with E-state index < -0.39 is 22.5 Å². The first-order valence-electron chi connectivity index (χ1n) is 5.64. The zero-order chi connectivity index (χ0) is 14.6. The van der Waals surface area contributed by atoms with Crippen LogP contribution in [-0.4, -0.2) is 35.6 Å². The number of nitro groups is 1. The van der Waals surface area contributed by atoms with Crippen LogP contribution in [0.25, 0.3) is 0 Å². The monoisotopic (exact) mass is 281 g/mol. The third kappa shape index (κ3) is 4.19. The first-order valence-corrected chi connectivity index (χ1v) is 5.64. The third-order valence-corrected chi connectivity index (χ3v) is 2.69. The minimum Gasteiger partial charge on any atom is -0.382 e. The van der Waals surface area contributed by atoms with Crippen LogP contribution in [0.3, 0.4) is 0 Å². The Bertz CT molecular complexity index is 389. The van der Waals surface area contributed by atoms with Gasteiger partial charge in [0.1, 0.15) is 0 Å². The van der Waals surface area contributed by atoms with E-state index in [0.29, 0.717) is 25.6 Å². The Labute approximate surface area is 107 Å². The van der Waals surface area contributed by atoms with Gasteiger partial charge in [0.05, 0.1) is 17.2 Å². The second kappa shape index (κ2) is 6.00. The molecule has 1 aliphatic carbocycles. The first-order chi connectivity index (χ1) is 8.75. The molecule has 6 nitrogen and oxygen atoms in total. The van der Waals surface area contributed by atoms with Gasteiger partial charge in [-0.3, -0.25) is 15.5 Å². The van der Waals surface area contributed by atoms with Crippen LogP contribution in [0.1, 0.15) is 19.8 Å². The van der Waals surface area contributed by atoms with Crippen molar-refractivity contribution in [2.75, 3.05) is 6.61 Å². The molecule has 0 heterocycles. The number of alkyl halides is 3. The van der Waals surface area contributed by atoms with Gasteiger partial charge in [-0.05, 0) is 19.8 Å². The van der Waals surface area contributed by atoms with Crippen LogP contribution in [-0.2, 0) is 4.74 Å². The van der Waals surface area contributed by atoms with Crippen molar-refractivity contribution in [3.05, 3.63) is 22.0 Å². The van der Waals surface area contributed by atoms with Gasteiger partial charge in [0.2, 0.25) is 5.71 Å². The van der Waals surface area contributed by atoms with Crippen LogP contribution in [0, 0.1) is 15.5 Å². The summed E-state index contributed by atoms with van der Waals surface area (Å²) in [4.78, 5) is 9.28. The van der Waals surface area contributed by atoms with Gasteiger partial charge in [-0.2, -0.15) is 13.2 Å². The fraction of sp³-hybridized carbons (Fsp3) is 0.700. The van der Waals surface area contributed by atoms with E-state index in [1.54, 1.807) is 0 Å². The molecule has 108 valence electrons. The standard InChI is InChI=1S/C10H14F3N3O3/c1-2-19-7-3-6(4-7)15-5-8(16(17)18)9(14)10(11,12)13/h5-7,14-15H,2-4H2,1H3/b8-5+,14-9?. The first kappa shape index (κ1) is 15.4. The average Bonchev–Trinajstić information content (AvgIpc) is 2.23. The van der Waals surface area contributed by atoms with Crippen LogP contribution in [0.15, 0.2) is 11.9 Å². The van der Waals surface area contributed by atoms with Crippen LogP contribution in [0.2, 0.25) is 0 Å². The minimum atomic E-state index is -5.03. The van der Waals surface area contributed by atoms with Crippen molar-refractivity contribution in [2.45, 2.75) is 38.1 Å². The summed E-state index contributed by atoms with van der Waals surface area (Å²) in [5.74, 6) is 0. The normalized spacial score (nSPS) is 23.7. The lowest BCUT2D eigenvalue weighted by Crippen LogP contribution is -2.44. The summed E-state index contributed by atoms with van der Waals surface area (Å²) < 4.78 is 41.9. The number of allylic oxidation sites excluding steroid dienone is 1. The highest BCUT2D eigenvalue weighted by molar-refractivity contribution is 5.99. The van der Waals surface area contributed by atoms with E-state index in [0.717, 1.165) is 0 Å². The molecule has 1 aliphatic rings.